The van der Waals surface area contributed by atoms with Gasteiger partial charge in [0, 0.05) is 18.7 Å². The van der Waals surface area contributed by atoms with Crippen LogP contribution in [0.5, 0.6) is 11.6 Å². The van der Waals surface area contributed by atoms with Gasteiger partial charge in [-0.15, -0.1) is 0 Å². The SMILES string of the molecule is CCNCc1nc(Oc2cc(F)ccc2C)ccc1Cl. The molecule has 0 aliphatic heterocycles. The quantitative estimate of drug-likeness (QED) is 0.902. The molecule has 5 heteroatoms. The minimum Gasteiger partial charge on any atom is -0.439 e. The Bertz CT molecular complexity index is 604. The van der Waals surface area contributed by atoms with Gasteiger partial charge in [-0.1, -0.05) is 24.6 Å². The molecule has 3 nitrogen and oxygen atoms in total. The van der Waals surface area contributed by atoms with Gasteiger partial charge >= 0.3 is 0 Å². The van der Waals surface area contributed by atoms with Gasteiger partial charge in [-0.05, 0) is 31.2 Å². The summed E-state index contributed by atoms with van der Waals surface area (Å²) in [5.41, 5.74) is 1.55. The molecule has 106 valence electrons. The molecule has 0 fully saturated rings. The lowest BCUT2D eigenvalue weighted by Gasteiger charge is -2.10. The van der Waals surface area contributed by atoms with Gasteiger partial charge in [0.2, 0.25) is 5.88 Å². The number of hydrogen-bond acceptors (Lipinski definition) is 3. The summed E-state index contributed by atoms with van der Waals surface area (Å²) in [6.07, 6.45) is 0. The number of aromatic nitrogens is 1. The van der Waals surface area contributed by atoms with Crippen LogP contribution in [0.25, 0.3) is 0 Å². The highest BCUT2D eigenvalue weighted by Gasteiger charge is 2.08. The van der Waals surface area contributed by atoms with Crippen molar-refractivity contribution in [3.05, 3.63) is 52.4 Å². The van der Waals surface area contributed by atoms with Gasteiger partial charge in [-0.3, -0.25) is 0 Å². The summed E-state index contributed by atoms with van der Waals surface area (Å²) in [6, 6.07) is 7.80. The van der Waals surface area contributed by atoms with Crippen LogP contribution in [0.4, 0.5) is 4.39 Å². The van der Waals surface area contributed by atoms with Crippen LogP contribution in [-0.4, -0.2) is 11.5 Å². The number of nitrogens with zero attached hydrogens (tertiary/aromatic N) is 1. The number of aryl methyl sites for hydroxylation is 1. The molecular weight excluding hydrogens is 279 g/mol. The molecule has 0 bridgehead atoms. The lowest BCUT2D eigenvalue weighted by atomic mass is 10.2. The van der Waals surface area contributed by atoms with E-state index in [1.54, 1.807) is 18.2 Å². The van der Waals surface area contributed by atoms with E-state index >= 15 is 0 Å². The molecule has 2 aromatic rings. The zero-order valence-corrected chi connectivity index (χ0v) is 12.2. The van der Waals surface area contributed by atoms with Gasteiger partial charge < -0.3 is 10.1 Å². The second-order valence-corrected chi connectivity index (χ2v) is 4.78. The highest BCUT2D eigenvalue weighted by Crippen LogP contribution is 2.26. The van der Waals surface area contributed by atoms with E-state index in [1.807, 2.05) is 13.8 Å². The lowest BCUT2D eigenvalue weighted by molar-refractivity contribution is 0.451. The van der Waals surface area contributed by atoms with E-state index in [0.717, 1.165) is 12.1 Å². The van der Waals surface area contributed by atoms with E-state index in [4.69, 9.17) is 16.3 Å². The molecule has 1 heterocycles. The van der Waals surface area contributed by atoms with E-state index in [2.05, 4.69) is 10.3 Å². The molecule has 20 heavy (non-hydrogen) atoms. The monoisotopic (exact) mass is 294 g/mol. The molecule has 0 amide bonds. The van der Waals surface area contributed by atoms with Gasteiger partial charge in [0.15, 0.2) is 0 Å². The summed E-state index contributed by atoms with van der Waals surface area (Å²) < 4.78 is 18.9. The minimum atomic E-state index is -0.340. The van der Waals surface area contributed by atoms with Gasteiger partial charge in [0.1, 0.15) is 11.6 Å². The minimum absolute atomic E-state index is 0.340. The molecular formula is C15H16ClFN2O. The van der Waals surface area contributed by atoms with Crippen molar-refractivity contribution in [2.75, 3.05) is 6.54 Å². The standard InChI is InChI=1S/C15H16ClFN2O/c1-3-18-9-13-12(16)6-7-15(19-13)20-14-8-11(17)5-4-10(14)2/h4-8,18H,3,9H2,1-2H3. The Balaban J connectivity index is 2.22. The molecule has 0 atom stereocenters. The lowest BCUT2D eigenvalue weighted by Crippen LogP contribution is -2.13. The van der Waals surface area contributed by atoms with Gasteiger partial charge in [0.25, 0.3) is 0 Å². The molecule has 0 unspecified atom stereocenters. The van der Waals surface area contributed by atoms with Crippen LogP contribution in [0.3, 0.4) is 0 Å². The predicted octanol–water partition coefficient (Wildman–Crippen LogP) is 4.08. The van der Waals surface area contributed by atoms with Crippen LogP contribution < -0.4 is 10.1 Å². The summed E-state index contributed by atoms with van der Waals surface area (Å²) >= 11 is 6.07. The molecule has 1 N–H and O–H groups in total. The molecule has 0 aliphatic carbocycles. The zero-order chi connectivity index (χ0) is 14.5. The Hall–Kier alpha value is -1.65. The number of hydrogen-bond donors (Lipinski definition) is 1. The molecule has 1 aromatic carbocycles. The smallest absolute Gasteiger partial charge is 0.219 e. The summed E-state index contributed by atoms with van der Waals surface area (Å²) in [6.45, 7) is 5.25. The Labute approximate surface area is 122 Å². The molecule has 0 saturated heterocycles. The number of rotatable bonds is 5. The third-order valence-corrected chi connectivity index (χ3v) is 3.14. The zero-order valence-electron chi connectivity index (χ0n) is 11.4. The fraction of sp³-hybridized carbons (Fsp3) is 0.267. The maximum Gasteiger partial charge on any atom is 0.219 e. The normalized spacial score (nSPS) is 10.6. The molecule has 1 aromatic heterocycles. The van der Waals surface area contributed by atoms with Crippen molar-refractivity contribution in [2.24, 2.45) is 0 Å². The van der Waals surface area contributed by atoms with Crippen LogP contribution in [0, 0.1) is 12.7 Å². The molecule has 0 saturated carbocycles. The Morgan fingerprint density at radius 1 is 1.30 bits per heavy atom. The van der Waals surface area contributed by atoms with Crippen LogP contribution in [0.15, 0.2) is 30.3 Å². The van der Waals surface area contributed by atoms with Crippen LogP contribution >= 0.6 is 11.6 Å². The van der Waals surface area contributed by atoms with Crippen molar-refractivity contribution in [3.8, 4) is 11.6 Å². The van der Waals surface area contributed by atoms with E-state index in [9.17, 15) is 4.39 Å². The Morgan fingerprint density at radius 2 is 2.10 bits per heavy atom. The average molecular weight is 295 g/mol. The maximum atomic E-state index is 13.2. The van der Waals surface area contributed by atoms with Crippen molar-refractivity contribution in [1.82, 2.24) is 10.3 Å². The summed E-state index contributed by atoms with van der Waals surface area (Å²) in [7, 11) is 0. The third kappa shape index (κ3) is 3.68. The summed E-state index contributed by atoms with van der Waals surface area (Å²) in [5.74, 6) is 0.512. The molecule has 0 aliphatic rings. The second kappa shape index (κ2) is 6.68. The third-order valence-electron chi connectivity index (χ3n) is 2.80. The van der Waals surface area contributed by atoms with Crippen molar-refractivity contribution in [2.45, 2.75) is 20.4 Å². The van der Waals surface area contributed by atoms with E-state index < -0.39 is 0 Å². The number of pyridine rings is 1. The van der Waals surface area contributed by atoms with Crippen molar-refractivity contribution in [1.29, 1.82) is 0 Å². The average Bonchev–Trinajstić information content (AvgIpc) is 2.43. The highest BCUT2D eigenvalue weighted by molar-refractivity contribution is 6.31. The number of ether oxygens (including phenoxy) is 1. The topological polar surface area (TPSA) is 34.2 Å². The van der Waals surface area contributed by atoms with Crippen molar-refractivity contribution in [3.63, 3.8) is 0 Å². The maximum absolute atomic E-state index is 13.2. The first-order chi connectivity index (χ1) is 9.60. The van der Waals surface area contributed by atoms with E-state index in [-0.39, 0.29) is 5.82 Å². The van der Waals surface area contributed by atoms with Crippen LogP contribution in [0.1, 0.15) is 18.2 Å². The van der Waals surface area contributed by atoms with Gasteiger partial charge in [-0.25, -0.2) is 9.37 Å². The van der Waals surface area contributed by atoms with Gasteiger partial charge in [-0.2, -0.15) is 0 Å². The van der Waals surface area contributed by atoms with Crippen LogP contribution in [0.2, 0.25) is 5.02 Å². The first-order valence-electron chi connectivity index (χ1n) is 6.40. The van der Waals surface area contributed by atoms with E-state index in [1.165, 1.54) is 12.1 Å². The van der Waals surface area contributed by atoms with Crippen LogP contribution in [-0.2, 0) is 6.54 Å². The summed E-state index contributed by atoms with van der Waals surface area (Å²) in [5, 5.41) is 3.73. The Kier molecular flexibility index (Phi) is 4.93. The first kappa shape index (κ1) is 14.8. The second-order valence-electron chi connectivity index (χ2n) is 4.37. The fourth-order valence-electron chi connectivity index (χ4n) is 1.69. The number of nitrogens with one attached hydrogen (secondary N) is 1. The largest absolute Gasteiger partial charge is 0.439 e. The fourth-order valence-corrected chi connectivity index (χ4v) is 1.86. The highest BCUT2D eigenvalue weighted by atomic mass is 35.5. The van der Waals surface area contributed by atoms with Gasteiger partial charge in [0.05, 0.1) is 10.7 Å². The first-order valence-corrected chi connectivity index (χ1v) is 6.78. The summed E-state index contributed by atoms with van der Waals surface area (Å²) in [4.78, 5) is 4.34. The van der Waals surface area contributed by atoms with Crippen molar-refractivity contribution < 1.29 is 9.13 Å². The number of benzene rings is 1. The molecule has 2 rings (SSSR count). The van der Waals surface area contributed by atoms with E-state index in [0.29, 0.717) is 28.9 Å². The molecule has 0 spiro atoms. The predicted molar refractivity (Wildman–Crippen MR) is 77.8 cm³/mol. The van der Waals surface area contributed by atoms with Crippen molar-refractivity contribution >= 4 is 11.6 Å². The molecule has 0 radical (unpaired) electrons. The Morgan fingerprint density at radius 3 is 2.85 bits per heavy atom. The number of halogens is 2.